The maximum absolute atomic E-state index is 2.46. The topological polar surface area (TPSA) is 3.24 Å². The van der Waals surface area contributed by atoms with E-state index in [0.29, 0.717) is 0 Å². The van der Waals surface area contributed by atoms with Crippen molar-refractivity contribution in [1.82, 2.24) is 0 Å². The molecule has 0 saturated carbocycles. The smallest absolute Gasteiger partial charge is 0.0459 e. The number of rotatable bonds is 5. The molecule has 0 fully saturated rings. The average Bonchev–Trinajstić information content (AvgIpc) is 3.41. The van der Waals surface area contributed by atoms with Crippen molar-refractivity contribution in [1.29, 1.82) is 0 Å². The molecule has 1 nitrogen and oxygen atoms in total. The van der Waals surface area contributed by atoms with Crippen molar-refractivity contribution in [2.45, 2.75) is 19.3 Å². The minimum Gasteiger partial charge on any atom is -0.313 e. The number of allylic oxidation sites excluding steroid dienone is 1. The van der Waals surface area contributed by atoms with Gasteiger partial charge in [0.25, 0.3) is 0 Å². The molecule has 228 valence electrons. The van der Waals surface area contributed by atoms with Crippen molar-refractivity contribution < 1.29 is 0 Å². The SMILES string of the molecule is CC1(C)C(N(c2ccc(-c3ccc4ccccc4c3)cc2)c2ccc(-c3ccc4ccccc4c3)cc2)=Cc2ccc3ccccc3c21. The summed E-state index contributed by atoms with van der Waals surface area (Å²) in [5.74, 6) is 0. The molecule has 9 rings (SSSR count). The zero-order valence-corrected chi connectivity index (χ0v) is 27.2. The lowest BCUT2D eigenvalue weighted by molar-refractivity contribution is 0.632. The Kier molecular flexibility index (Phi) is 6.55. The molecule has 0 atom stereocenters. The van der Waals surface area contributed by atoms with Gasteiger partial charge >= 0.3 is 0 Å². The van der Waals surface area contributed by atoms with Crippen molar-refractivity contribution in [3.8, 4) is 22.3 Å². The largest absolute Gasteiger partial charge is 0.313 e. The van der Waals surface area contributed by atoms with Crippen molar-refractivity contribution in [2.24, 2.45) is 0 Å². The predicted molar refractivity (Wildman–Crippen MR) is 206 cm³/mol. The van der Waals surface area contributed by atoms with Gasteiger partial charge in [0, 0.05) is 22.5 Å². The standard InChI is InChI=1S/C47H35N/c1-47(2)45(31-41-20-17-36-11-7-8-14-44(36)46(41)47)48(42-25-21-34(22-26-42)39-18-15-32-9-3-5-12-37(32)29-39)43-27-23-35(24-28-43)40-19-16-33-10-4-6-13-38(33)30-40/h3-31H,1-2H3. The second-order valence-electron chi connectivity index (χ2n) is 13.5. The van der Waals surface area contributed by atoms with Crippen molar-refractivity contribution in [3.63, 3.8) is 0 Å². The fourth-order valence-corrected chi connectivity index (χ4v) is 7.68. The third-order valence-corrected chi connectivity index (χ3v) is 10.2. The van der Waals surface area contributed by atoms with E-state index in [1.807, 2.05) is 0 Å². The van der Waals surface area contributed by atoms with Gasteiger partial charge in [-0.1, -0.05) is 147 Å². The second kappa shape index (κ2) is 11.1. The molecular weight excluding hydrogens is 579 g/mol. The summed E-state index contributed by atoms with van der Waals surface area (Å²) in [6.45, 7) is 4.74. The molecule has 0 amide bonds. The van der Waals surface area contributed by atoms with Gasteiger partial charge in [-0.15, -0.1) is 0 Å². The molecule has 0 spiro atoms. The van der Waals surface area contributed by atoms with Gasteiger partial charge in [-0.05, 0) is 108 Å². The summed E-state index contributed by atoms with van der Waals surface area (Å²) in [6, 6.07) is 62.1. The number of fused-ring (bicyclic) bond motifs is 5. The highest BCUT2D eigenvalue weighted by Gasteiger charge is 2.38. The Morgan fingerprint density at radius 1 is 0.396 bits per heavy atom. The molecule has 1 aliphatic rings. The number of benzene rings is 8. The number of hydrogen-bond donors (Lipinski definition) is 0. The van der Waals surface area contributed by atoms with Gasteiger partial charge < -0.3 is 4.90 Å². The Morgan fingerprint density at radius 2 is 0.833 bits per heavy atom. The average molecular weight is 614 g/mol. The molecule has 0 N–H and O–H groups in total. The van der Waals surface area contributed by atoms with Crippen LogP contribution >= 0.6 is 0 Å². The van der Waals surface area contributed by atoms with Crippen molar-refractivity contribution in [3.05, 3.63) is 187 Å². The Hall–Kier alpha value is -5.92. The third kappa shape index (κ3) is 4.70. The van der Waals surface area contributed by atoms with Crippen LogP contribution in [0.25, 0.3) is 60.6 Å². The van der Waals surface area contributed by atoms with Gasteiger partial charge in [0.05, 0.1) is 0 Å². The predicted octanol–water partition coefficient (Wildman–Crippen LogP) is 13.0. The van der Waals surface area contributed by atoms with Crippen LogP contribution in [0.3, 0.4) is 0 Å². The van der Waals surface area contributed by atoms with E-state index in [1.165, 1.54) is 71.4 Å². The van der Waals surface area contributed by atoms with Crippen LogP contribution in [-0.2, 0) is 5.41 Å². The Morgan fingerprint density at radius 3 is 1.38 bits per heavy atom. The van der Waals surface area contributed by atoms with Crippen LogP contribution in [0.5, 0.6) is 0 Å². The highest BCUT2D eigenvalue weighted by molar-refractivity contribution is 5.95. The summed E-state index contributed by atoms with van der Waals surface area (Å²) >= 11 is 0. The molecule has 0 aromatic heterocycles. The second-order valence-corrected chi connectivity index (χ2v) is 13.5. The van der Waals surface area contributed by atoms with Gasteiger partial charge in [0.1, 0.15) is 0 Å². The fourth-order valence-electron chi connectivity index (χ4n) is 7.68. The van der Waals surface area contributed by atoms with Crippen LogP contribution in [0.15, 0.2) is 176 Å². The summed E-state index contributed by atoms with van der Waals surface area (Å²) in [5.41, 5.74) is 10.9. The number of anilines is 2. The van der Waals surface area contributed by atoms with Gasteiger partial charge in [-0.3, -0.25) is 0 Å². The number of hydrogen-bond acceptors (Lipinski definition) is 1. The molecule has 8 aromatic carbocycles. The molecule has 0 unspecified atom stereocenters. The van der Waals surface area contributed by atoms with Gasteiger partial charge in [0.2, 0.25) is 0 Å². The first-order valence-corrected chi connectivity index (χ1v) is 16.8. The minimum absolute atomic E-state index is 0.218. The maximum atomic E-state index is 2.46. The Labute approximate surface area is 282 Å². The lowest BCUT2D eigenvalue weighted by Crippen LogP contribution is -2.29. The van der Waals surface area contributed by atoms with E-state index in [4.69, 9.17) is 0 Å². The summed E-state index contributed by atoms with van der Waals surface area (Å²) in [4.78, 5) is 2.46. The van der Waals surface area contributed by atoms with E-state index >= 15 is 0 Å². The summed E-state index contributed by atoms with van der Waals surface area (Å²) in [5, 5.41) is 7.65. The van der Waals surface area contributed by atoms with Crippen LogP contribution in [-0.4, -0.2) is 0 Å². The molecule has 0 saturated heterocycles. The van der Waals surface area contributed by atoms with Crippen LogP contribution < -0.4 is 4.90 Å². The normalized spacial score (nSPS) is 13.5. The van der Waals surface area contributed by atoms with E-state index in [0.717, 1.165) is 11.4 Å². The van der Waals surface area contributed by atoms with E-state index in [2.05, 4.69) is 195 Å². The zero-order chi connectivity index (χ0) is 32.2. The van der Waals surface area contributed by atoms with Crippen LogP contribution in [0.2, 0.25) is 0 Å². The van der Waals surface area contributed by atoms with Crippen molar-refractivity contribution >= 4 is 49.8 Å². The van der Waals surface area contributed by atoms with E-state index < -0.39 is 0 Å². The fraction of sp³-hybridized carbons (Fsp3) is 0.0638. The van der Waals surface area contributed by atoms with E-state index in [-0.39, 0.29) is 5.41 Å². The maximum Gasteiger partial charge on any atom is 0.0459 e. The molecule has 1 aliphatic carbocycles. The minimum atomic E-state index is -0.218. The van der Waals surface area contributed by atoms with Gasteiger partial charge in [-0.2, -0.15) is 0 Å². The van der Waals surface area contributed by atoms with E-state index in [9.17, 15) is 0 Å². The molecule has 0 bridgehead atoms. The monoisotopic (exact) mass is 613 g/mol. The lowest BCUT2D eigenvalue weighted by atomic mass is 9.81. The lowest BCUT2D eigenvalue weighted by Gasteiger charge is -2.36. The summed E-state index contributed by atoms with van der Waals surface area (Å²) < 4.78 is 0. The molecule has 0 aliphatic heterocycles. The van der Waals surface area contributed by atoms with Crippen molar-refractivity contribution in [2.75, 3.05) is 4.90 Å². The third-order valence-electron chi connectivity index (χ3n) is 10.2. The Balaban J connectivity index is 1.15. The van der Waals surface area contributed by atoms with Gasteiger partial charge in [0.15, 0.2) is 0 Å². The Bertz CT molecular complexity index is 2390. The van der Waals surface area contributed by atoms with Crippen LogP contribution in [0.4, 0.5) is 11.4 Å². The highest BCUT2D eigenvalue weighted by Crippen LogP contribution is 2.49. The zero-order valence-electron chi connectivity index (χ0n) is 27.2. The molecule has 1 heteroatoms. The quantitative estimate of drug-likeness (QED) is 0.187. The first kappa shape index (κ1) is 28.3. The molecule has 0 heterocycles. The van der Waals surface area contributed by atoms with Crippen LogP contribution in [0, 0.1) is 0 Å². The summed E-state index contributed by atoms with van der Waals surface area (Å²) in [7, 11) is 0. The first-order valence-electron chi connectivity index (χ1n) is 16.8. The molecule has 48 heavy (non-hydrogen) atoms. The van der Waals surface area contributed by atoms with Crippen LogP contribution in [0.1, 0.15) is 25.0 Å². The van der Waals surface area contributed by atoms with E-state index in [1.54, 1.807) is 0 Å². The number of nitrogens with zero attached hydrogens (tertiary/aromatic N) is 1. The molecule has 0 radical (unpaired) electrons. The van der Waals surface area contributed by atoms with Gasteiger partial charge in [-0.25, -0.2) is 0 Å². The molecular formula is C47H35N. The first-order chi connectivity index (χ1) is 23.5. The summed E-state index contributed by atoms with van der Waals surface area (Å²) in [6.07, 6.45) is 2.40. The highest BCUT2D eigenvalue weighted by atomic mass is 15.2. The molecule has 8 aromatic rings.